The number of hydrogen-bond donors (Lipinski definition) is 2. The Morgan fingerprint density at radius 3 is 2.38 bits per heavy atom. The highest BCUT2D eigenvalue weighted by Gasteiger charge is 2.23. The molecule has 0 saturated heterocycles. The van der Waals surface area contributed by atoms with Gasteiger partial charge in [0.2, 0.25) is 0 Å². The van der Waals surface area contributed by atoms with Gasteiger partial charge in [-0.15, -0.1) is 0 Å². The summed E-state index contributed by atoms with van der Waals surface area (Å²) in [5, 5.41) is 4.54. The molecular weight excluding hydrogens is 398 g/mol. The SMILES string of the molecule is CC(=O)C(=C(N)c1ccccc1)c1ccc2ncnc(NC3CCC(N(C)C)CC3)c2c1. The third-order valence-corrected chi connectivity index (χ3v) is 6.40. The van der Waals surface area contributed by atoms with E-state index < -0.39 is 0 Å². The lowest BCUT2D eigenvalue weighted by Gasteiger charge is -2.33. The van der Waals surface area contributed by atoms with Gasteiger partial charge in [-0.3, -0.25) is 4.79 Å². The Labute approximate surface area is 189 Å². The molecule has 0 bridgehead atoms. The Bertz CT molecular complexity index is 1130. The van der Waals surface area contributed by atoms with E-state index in [0.717, 1.165) is 40.7 Å². The number of aromatic nitrogens is 2. The Morgan fingerprint density at radius 2 is 1.72 bits per heavy atom. The molecule has 0 atom stereocenters. The number of rotatable bonds is 6. The van der Waals surface area contributed by atoms with E-state index in [9.17, 15) is 4.79 Å². The molecule has 32 heavy (non-hydrogen) atoms. The Hall–Kier alpha value is -3.25. The van der Waals surface area contributed by atoms with Gasteiger partial charge in [-0.25, -0.2) is 9.97 Å². The van der Waals surface area contributed by atoms with Gasteiger partial charge in [0, 0.05) is 23.0 Å². The van der Waals surface area contributed by atoms with E-state index in [1.54, 1.807) is 13.3 Å². The van der Waals surface area contributed by atoms with Crippen molar-refractivity contribution in [3.63, 3.8) is 0 Å². The Morgan fingerprint density at radius 1 is 1.00 bits per heavy atom. The fourth-order valence-electron chi connectivity index (χ4n) is 4.57. The van der Waals surface area contributed by atoms with Gasteiger partial charge >= 0.3 is 0 Å². The van der Waals surface area contributed by atoms with E-state index >= 15 is 0 Å². The predicted molar refractivity (Wildman–Crippen MR) is 131 cm³/mol. The number of hydrogen-bond acceptors (Lipinski definition) is 6. The van der Waals surface area contributed by atoms with Crippen LogP contribution in [-0.4, -0.2) is 46.8 Å². The number of benzene rings is 2. The molecule has 3 N–H and O–H groups in total. The first-order chi connectivity index (χ1) is 15.4. The standard InChI is InChI=1S/C26H31N5O/c1-17(32)24(25(27)18-7-5-4-6-8-18)19-9-14-23-22(15-19)26(29-16-28-23)30-20-10-12-21(13-11-20)31(2)3/h4-9,14-16,20-21H,10-13,27H2,1-3H3,(H,28,29,30). The van der Waals surface area contributed by atoms with Crippen LogP contribution in [-0.2, 0) is 4.79 Å². The first kappa shape index (κ1) is 22.0. The molecule has 6 heteroatoms. The normalized spacial score (nSPS) is 19.6. The minimum atomic E-state index is -0.0703. The zero-order valence-corrected chi connectivity index (χ0v) is 19.0. The van der Waals surface area contributed by atoms with E-state index in [-0.39, 0.29) is 5.78 Å². The molecule has 1 aliphatic carbocycles. The van der Waals surface area contributed by atoms with Crippen LogP contribution < -0.4 is 11.1 Å². The number of fused-ring (bicyclic) bond motifs is 1. The smallest absolute Gasteiger partial charge is 0.162 e. The number of nitrogens with zero attached hydrogens (tertiary/aromatic N) is 3. The molecule has 1 aliphatic rings. The van der Waals surface area contributed by atoms with Crippen LogP contribution in [0.1, 0.15) is 43.7 Å². The topological polar surface area (TPSA) is 84.1 Å². The van der Waals surface area contributed by atoms with Gasteiger partial charge in [-0.1, -0.05) is 36.4 Å². The van der Waals surface area contributed by atoms with Crippen molar-refractivity contribution in [3.8, 4) is 0 Å². The molecule has 0 unspecified atom stereocenters. The molecule has 1 aromatic heterocycles. The maximum absolute atomic E-state index is 12.6. The summed E-state index contributed by atoms with van der Waals surface area (Å²) in [6, 6.07) is 16.4. The maximum Gasteiger partial charge on any atom is 0.162 e. The average Bonchev–Trinajstić information content (AvgIpc) is 2.80. The van der Waals surface area contributed by atoms with E-state index in [2.05, 4.69) is 34.3 Å². The number of allylic oxidation sites excluding steroid dienone is 1. The first-order valence-corrected chi connectivity index (χ1v) is 11.2. The number of Topliss-reactive ketones (excluding diaryl/α,β-unsaturated/α-hetero) is 1. The monoisotopic (exact) mass is 429 g/mol. The van der Waals surface area contributed by atoms with Crippen LogP contribution in [0.4, 0.5) is 5.82 Å². The summed E-state index contributed by atoms with van der Waals surface area (Å²) in [5.41, 5.74) is 9.89. The molecule has 0 radical (unpaired) electrons. The zero-order chi connectivity index (χ0) is 22.7. The fraction of sp³-hybridized carbons (Fsp3) is 0.346. The second kappa shape index (κ2) is 9.49. The van der Waals surface area contributed by atoms with Crippen LogP contribution in [0.15, 0.2) is 54.9 Å². The summed E-state index contributed by atoms with van der Waals surface area (Å²) in [6.45, 7) is 1.55. The molecule has 4 rings (SSSR count). The number of ketones is 1. The van der Waals surface area contributed by atoms with Gasteiger partial charge in [0.1, 0.15) is 12.1 Å². The molecular formula is C26H31N5O. The van der Waals surface area contributed by atoms with Gasteiger partial charge in [-0.05, 0) is 70.0 Å². The molecule has 2 aromatic carbocycles. The molecule has 0 spiro atoms. The lowest BCUT2D eigenvalue weighted by molar-refractivity contribution is -0.111. The largest absolute Gasteiger partial charge is 0.398 e. The van der Waals surface area contributed by atoms with E-state index in [1.807, 2.05) is 48.5 Å². The highest BCUT2D eigenvalue weighted by atomic mass is 16.1. The van der Waals surface area contributed by atoms with Crippen LogP contribution in [0.3, 0.4) is 0 Å². The second-order valence-electron chi connectivity index (χ2n) is 8.78. The summed E-state index contributed by atoms with van der Waals surface area (Å²) in [7, 11) is 4.30. The van der Waals surface area contributed by atoms with Crippen molar-refractivity contribution >= 4 is 33.8 Å². The van der Waals surface area contributed by atoms with Gasteiger partial charge in [0.25, 0.3) is 0 Å². The van der Waals surface area contributed by atoms with E-state index in [1.165, 1.54) is 12.8 Å². The van der Waals surface area contributed by atoms with Crippen LogP contribution in [0.2, 0.25) is 0 Å². The van der Waals surface area contributed by atoms with Crippen molar-refractivity contribution in [2.45, 2.75) is 44.7 Å². The van der Waals surface area contributed by atoms with Crippen molar-refractivity contribution in [3.05, 3.63) is 66.0 Å². The van der Waals surface area contributed by atoms with Crippen molar-refractivity contribution in [1.29, 1.82) is 0 Å². The summed E-state index contributed by atoms with van der Waals surface area (Å²) >= 11 is 0. The molecule has 6 nitrogen and oxygen atoms in total. The third kappa shape index (κ3) is 4.65. The molecule has 166 valence electrons. The number of nitrogens with two attached hydrogens (primary N) is 1. The van der Waals surface area contributed by atoms with Gasteiger partial charge < -0.3 is 16.0 Å². The highest BCUT2D eigenvalue weighted by molar-refractivity contribution is 6.27. The lowest BCUT2D eigenvalue weighted by atomic mass is 9.90. The minimum Gasteiger partial charge on any atom is -0.398 e. The average molecular weight is 430 g/mol. The van der Waals surface area contributed by atoms with Crippen LogP contribution >= 0.6 is 0 Å². The van der Waals surface area contributed by atoms with Gasteiger partial charge in [0.15, 0.2) is 5.78 Å². The first-order valence-electron chi connectivity index (χ1n) is 11.2. The zero-order valence-electron chi connectivity index (χ0n) is 19.0. The number of carbonyl (C=O) groups is 1. The number of nitrogens with one attached hydrogen (secondary N) is 1. The predicted octanol–water partition coefficient (Wildman–Crippen LogP) is 4.33. The van der Waals surface area contributed by atoms with Gasteiger partial charge in [0.05, 0.1) is 11.2 Å². The fourth-order valence-corrected chi connectivity index (χ4v) is 4.57. The van der Waals surface area contributed by atoms with E-state index in [0.29, 0.717) is 23.4 Å². The summed E-state index contributed by atoms with van der Waals surface area (Å²) < 4.78 is 0. The number of carbonyl (C=O) groups excluding carboxylic acids is 1. The molecule has 1 heterocycles. The van der Waals surface area contributed by atoms with Crippen LogP contribution in [0, 0.1) is 0 Å². The molecule has 0 aliphatic heterocycles. The van der Waals surface area contributed by atoms with Crippen molar-refractivity contribution in [1.82, 2.24) is 14.9 Å². The summed E-state index contributed by atoms with van der Waals surface area (Å²) in [6.07, 6.45) is 6.14. The Kier molecular flexibility index (Phi) is 6.51. The van der Waals surface area contributed by atoms with Gasteiger partial charge in [-0.2, -0.15) is 0 Å². The Balaban J connectivity index is 1.68. The third-order valence-electron chi connectivity index (χ3n) is 6.40. The van der Waals surface area contributed by atoms with Crippen molar-refractivity contribution < 1.29 is 4.79 Å². The number of anilines is 1. The van der Waals surface area contributed by atoms with Crippen LogP contribution in [0.5, 0.6) is 0 Å². The maximum atomic E-state index is 12.6. The lowest BCUT2D eigenvalue weighted by Crippen LogP contribution is -2.36. The molecule has 1 saturated carbocycles. The van der Waals surface area contributed by atoms with Crippen molar-refractivity contribution in [2.75, 3.05) is 19.4 Å². The van der Waals surface area contributed by atoms with Crippen molar-refractivity contribution in [2.24, 2.45) is 5.73 Å². The molecule has 0 amide bonds. The summed E-state index contributed by atoms with van der Waals surface area (Å²) in [4.78, 5) is 23.9. The van der Waals surface area contributed by atoms with Crippen LogP contribution in [0.25, 0.3) is 22.2 Å². The minimum absolute atomic E-state index is 0.0703. The quantitative estimate of drug-likeness (QED) is 0.448. The summed E-state index contributed by atoms with van der Waals surface area (Å²) in [5.74, 6) is 0.741. The molecule has 1 fully saturated rings. The highest BCUT2D eigenvalue weighted by Crippen LogP contribution is 2.30. The molecule has 3 aromatic rings. The van der Waals surface area contributed by atoms with E-state index in [4.69, 9.17) is 5.73 Å². The second-order valence-corrected chi connectivity index (χ2v) is 8.78.